The van der Waals surface area contributed by atoms with Gasteiger partial charge in [0.2, 0.25) is 10.0 Å². The van der Waals surface area contributed by atoms with E-state index in [1.807, 2.05) is 0 Å². The molecule has 1 heterocycles. The number of amides is 1. The predicted octanol–water partition coefficient (Wildman–Crippen LogP) is 3.21. The van der Waals surface area contributed by atoms with E-state index < -0.39 is 28.5 Å². The smallest absolute Gasteiger partial charge is 0.331 e. The maximum Gasteiger partial charge on any atom is 0.331 e. The van der Waals surface area contributed by atoms with Crippen LogP contribution in [-0.4, -0.2) is 57.5 Å². The van der Waals surface area contributed by atoms with Gasteiger partial charge in [-0.15, -0.1) is 0 Å². The first-order valence-electron chi connectivity index (χ1n) is 9.53. The molecule has 0 bridgehead atoms. The van der Waals surface area contributed by atoms with Gasteiger partial charge in [0.15, 0.2) is 6.61 Å². The highest BCUT2D eigenvalue weighted by molar-refractivity contribution is 7.89. The highest BCUT2D eigenvalue weighted by atomic mass is 35.5. The van der Waals surface area contributed by atoms with Gasteiger partial charge in [-0.2, -0.15) is 4.31 Å². The van der Waals surface area contributed by atoms with Crippen LogP contribution < -0.4 is 5.32 Å². The van der Waals surface area contributed by atoms with Gasteiger partial charge in [-0.25, -0.2) is 13.2 Å². The SMILES string of the molecule is O=C(COC(=O)/C=C/c1ccc(Cl)cc1Cl)Nc1ccc(S(=O)(=O)N2CCOCC2)cc1. The monoisotopic (exact) mass is 498 g/mol. The van der Waals surface area contributed by atoms with Crippen LogP contribution in [0.2, 0.25) is 10.0 Å². The van der Waals surface area contributed by atoms with Crippen LogP contribution in [0.4, 0.5) is 5.69 Å². The van der Waals surface area contributed by atoms with Crippen LogP contribution in [0, 0.1) is 0 Å². The normalized spacial score (nSPS) is 14.9. The molecule has 0 saturated carbocycles. The standard InChI is InChI=1S/C21H20Cl2N2O6S/c22-16-3-1-15(19(23)13-16)2-8-21(27)31-14-20(26)24-17-4-6-18(7-5-17)32(28,29)25-9-11-30-12-10-25/h1-8,13H,9-12,14H2,(H,24,26)/b8-2+. The molecule has 170 valence electrons. The van der Waals surface area contributed by atoms with E-state index in [0.717, 1.165) is 6.08 Å². The van der Waals surface area contributed by atoms with Crippen LogP contribution >= 0.6 is 23.2 Å². The maximum atomic E-state index is 12.6. The molecule has 11 heteroatoms. The summed E-state index contributed by atoms with van der Waals surface area (Å²) < 4.78 is 36.6. The number of hydrogen-bond acceptors (Lipinski definition) is 6. The fourth-order valence-corrected chi connectivity index (χ4v) is 4.70. The highest BCUT2D eigenvalue weighted by Crippen LogP contribution is 2.22. The zero-order valence-corrected chi connectivity index (χ0v) is 19.1. The van der Waals surface area contributed by atoms with Gasteiger partial charge in [-0.3, -0.25) is 4.79 Å². The third-order valence-electron chi connectivity index (χ3n) is 4.45. The Morgan fingerprint density at radius 3 is 2.44 bits per heavy atom. The number of carbonyl (C=O) groups excluding carboxylic acids is 2. The number of nitrogens with one attached hydrogen (secondary N) is 1. The van der Waals surface area contributed by atoms with Gasteiger partial charge in [-0.05, 0) is 48.0 Å². The van der Waals surface area contributed by atoms with Crippen molar-refractivity contribution in [3.8, 4) is 0 Å². The number of anilines is 1. The van der Waals surface area contributed by atoms with E-state index in [1.165, 1.54) is 34.6 Å². The van der Waals surface area contributed by atoms with Gasteiger partial charge in [-0.1, -0.05) is 29.3 Å². The number of carbonyl (C=O) groups is 2. The van der Waals surface area contributed by atoms with Crippen LogP contribution in [-0.2, 0) is 29.1 Å². The van der Waals surface area contributed by atoms with Gasteiger partial charge < -0.3 is 14.8 Å². The molecule has 0 aromatic heterocycles. The maximum absolute atomic E-state index is 12.6. The first-order valence-corrected chi connectivity index (χ1v) is 11.7. The summed E-state index contributed by atoms with van der Waals surface area (Å²) in [4.78, 5) is 24.0. The van der Waals surface area contributed by atoms with Gasteiger partial charge in [0.05, 0.1) is 18.1 Å². The summed E-state index contributed by atoms with van der Waals surface area (Å²) in [5.74, 6) is -1.29. The molecule has 3 rings (SSSR count). The van der Waals surface area contributed by atoms with Crippen LogP contribution in [0.3, 0.4) is 0 Å². The lowest BCUT2D eigenvalue weighted by Gasteiger charge is -2.26. The largest absolute Gasteiger partial charge is 0.452 e. The Bertz CT molecular complexity index is 1110. The second-order valence-corrected chi connectivity index (χ2v) is 9.48. The van der Waals surface area contributed by atoms with E-state index in [0.29, 0.717) is 47.6 Å². The predicted molar refractivity (Wildman–Crippen MR) is 121 cm³/mol. The van der Waals surface area contributed by atoms with Crippen molar-refractivity contribution in [1.29, 1.82) is 0 Å². The van der Waals surface area contributed by atoms with Crippen LogP contribution in [0.15, 0.2) is 53.4 Å². The molecule has 1 amide bonds. The quantitative estimate of drug-likeness (QED) is 0.464. The molecule has 1 fully saturated rings. The van der Waals surface area contributed by atoms with Crippen LogP contribution in [0.25, 0.3) is 6.08 Å². The van der Waals surface area contributed by atoms with E-state index in [4.69, 9.17) is 32.7 Å². The minimum atomic E-state index is -3.62. The van der Waals surface area contributed by atoms with Crippen molar-refractivity contribution in [3.63, 3.8) is 0 Å². The Morgan fingerprint density at radius 2 is 1.78 bits per heavy atom. The molecule has 1 N–H and O–H groups in total. The summed E-state index contributed by atoms with van der Waals surface area (Å²) in [7, 11) is -3.62. The lowest BCUT2D eigenvalue weighted by molar-refractivity contribution is -0.142. The fraction of sp³-hybridized carbons (Fsp3) is 0.238. The number of sulfonamides is 1. The average Bonchev–Trinajstić information content (AvgIpc) is 2.78. The highest BCUT2D eigenvalue weighted by Gasteiger charge is 2.26. The van der Waals surface area contributed by atoms with E-state index in [2.05, 4.69) is 5.32 Å². The van der Waals surface area contributed by atoms with E-state index in [9.17, 15) is 18.0 Å². The van der Waals surface area contributed by atoms with Crippen molar-refractivity contribution in [2.24, 2.45) is 0 Å². The van der Waals surface area contributed by atoms with E-state index >= 15 is 0 Å². The molecule has 0 radical (unpaired) electrons. The Kier molecular flexibility index (Phi) is 8.27. The van der Waals surface area contributed by atoms with Crippen molar-refractivity contribution in [3.05, 3.63) is 64.1 Å². The number of rotatable bonds is 7. The molecule has 1 aliphatic heterocycles. The molecule has 2 aromatic rings. The Morgan fingerprint density at radius 1 is 1.09 bits per heavy atom. The lowest BCUT2D eigenvalue weighted by atomic mass is 10.2. The molecule has 0 atom stereocenters. The number of ether oxygens (including phenoxy) is 2. The fourth-order valence-electron chi connectivity index (χ4n) is 2.82. The number of hydrogen-bond donors (Lipinski definition) is 1. The molecular formula is C21H20Cl2N2O6S. The first kappa shape index (κ1) is 24.2. The van der Waals surface area contributed by atoms with Gasteiger partial charge in [0, 0.05) is 34.9 Å². The summed E-state index contributed by atoms with van der Waals surface area (Å²) in [6.45, 7) is 0.795. The molecule has 1 aliphatic rings. The topological polar surface area (TPSA) is 102 Å². The molecular weight excluding hydrogens is 479 g/mol. The lowest BCUT2D eigenvalue weighted by Crippen LogP contribution is -2.40. The van der Waals surface area contributed by atoms with E-state index in [-0.39, 0.29) is 4.90 Å². The zero-order chi connectivity index (χ0) is 23.1. The molecule has 2 aromatic carbocycles. The van der Waals surface area contributed by atoms with Crippen molar-refractivity contribution in [2.45, 2.75) is 4.90 Å². The second kappa shape index (κ2) is 10.9. The Hall–Kier alpha value is -2.43. The number of benzene rings is 2. The summed E-state index contributed by atoms with van der Waals surface area (Å²) in [5.41, 5.74) is 0.944. The van der Waals surface area contributed by atoms with Crippen molar-refractivity contribution in [1.82, 2.24) is 4.31 Å². The third-order valence-corrected chi connectivity index (χ3v) is 6.93. The molecule has 0 unspecified atom stereocenters. The van der Waals surface area contributed by atoms with Gasteiger partial charge in [0.1, 0.15) is 0 Å². The number of morpholine rings is 1. The minimum Gasteiger partial charge on any atom is -0.452 e. The van der Waals surface area contributed by atoms with Gasteiger partial charge >= 0.3 is 5.97 Å². The van der Waals surface area contributed by atoms with Gasteiger partial charge in [0.25, 0.3) is 5.91 Å². The number of esters is 1. The van der Waals surface area contributed by atoms with Crippen molar-refractivity contribution in [2.75, 3.05) is 38.2 Å². The zero-order valence-electron chi connectivity index (χ0n) is 16.8. The van der Waals surface area contributed by atoms with Crippen molar-refractivity contribution < 1.29 is 27.5 Å². The number of halogens is 2. The molecule has 1 saturated heterocycles. The summed E-state index contributed by atoms with van der Waals surface area (Å²) in [5, 5.41) is 3.38. The number of nitrogens with zero attached hydrogens (tertiary/aromatic N) is 1. The summed E-state index contributed by atoms with van der Waals surface area (Å²) >= 11 is 11.8. The molecule has 8 nitrogen and oxygen atoms in total. The Labute approximate surface area is 195 Å². The van der Waals surface area contributed by atoms with Crippen LogP contribution in [0.5, 0.6) is 0 Å². The second-order valence-electron chi connectivity index (χ2n) is 6.70. The Balaban J connectivity index is 1.50. The van der Waals surface area contributed by atoms with Crippen molar-refractivity contribution >= 4 is 56.9 Å². The molecule has 0 aliphatic carbocycles. The average molecular weight is 499 g/mol. The minimum absolute atomic E-state index is 0.120. The third kappa shape index (κ3) is 6.54. The first-order chi connectivity index (χ1) is 15.3. The van der Waals surface area contributed by atoms with Crippen LogP contribution in [0.1, 0.15) is 5.56 Å². The molecule has 32 heavy (non-hydrogen) atoms. The summed E-state index contributed by atoms with van der Waals surface area (Å²) in [6.07, 6.45) is 2.60. The van der Waals surface area contributed by atoms with E-state index in [1.54, 1.807) is 18.2 Å². The molecule has 0 spiro atoms. The summed E-state index contributed by atoms with van der Waals surface area (Å²) in [6, 6.07) is 10.6.